The molecule has 0 bridgehead atoms. The lowest BCUT2D eigenvalue weighted by atomic mass is 9.71. The topological polar surface area (TPSA) is 23.6 Å². The summed E-state index contributed by atoms with van der Waals surface area (Å²) in [6.45, 7) is 11.3. The fourth-order valence-electron chi connectivity index (χ4n) is 4.20. The van der Waals surface area contributed by atoms with Crippen LogP contribution in [0, 0.1) is 17.3 Å². The Morgan fingerprint density at radius 3 is 1.90 bits per heavy atom. The van der Waals surface area contributed by atoms with E-state index in [1.54, 1.807) is 0 Å². The molecule has 0 radical (unpaired) electrons. The first-order valence-electron chi connectivity index (χ1n) is 8.98. The van der Waals surface area contributed by atoms with Gasteiger partial charge in [0.1, 0.15) is 0 Å². The van der Waals surface area contributed by atoms with Crippen molar-refractivity contribution < 1.29 is 4.79 Å². The summed E-state index contributed by atoms with van der Waals surface area (Å²) in [6, 6.07) is 0.779. The van der Waals surface area contributed by atoms with Crippen molar-refractivity contribution in [3.63, 3.8) is 0 Å². The van der Waals surface area contributed by atoms with Gasteiger partial charge in [-0.2, -0.15) is 0 Å². The van der Waals surface area contributed by atoms with E-state index in [1.807, 2.05) is 0 Å². The smallest absolute Gasteiger partial charge is 0.225 e. The van der Waals surface area contributed by atoms with E-state index in [-0.39, 0.29) is 0 Å². The third-order valence-corrected chi connectivity index (χ3v) is 5.99. The standard InChI is InChI=1S/C18H32N2O/c1-18(2,3)15-6-8-16(9-7-15)19-10-12-20(13-11-19)17(21)14-4-5-14/h14-16H,4-13H2,1-3H3. The summed E-state index contributed by atoms with van der Waals surface area (Å²) in [4.78, 5) is 16.9. The number of carbonyl (C=O) groups excluding carboxylic acids is 1. The molecule has 120 valence electrons. The van der Waals surface area contributed by atoms with Gasteiger partial charge in [-0.05, 0) is 49.9 Å². The molecule has 0 aromatic heterocycles. The molecule has 1 heterocycles. The van der Waals surface area contributed by atoms with Gasteiger partial charge in [0.25, 0.3) is 0 Å². The largest absolute Gasteiger partial charge is 0.340 e. The maximum absolute atomic E-state index is 12.1. The molecule has 3 aliphatic rings. The molecule has 0 aromatic carbocycles. The van der Waals surface area contributed by atoms with Crippen LogP contribution in [0.5, 0.6) is 0 Å². The Morgan fingerprint density at radius 1 is 0.857 bits per heavy atom. The van der Waals surface area contributed by atoms with Gasteiger partial charge in [0.2, 0.25) is 5.91 Å². The second kappa shape index (κ2) is 5.91. The van der Waals surface area contributed by atoms with E-state index in [0.717, 1.165) is 51.0 Å². The van der Waals surface area contributed by atoms with E-state index in [2.05, 4.69) is 30.6 Å². The van der Waals surface area contributed by atoms with Crippen LogP contribution in [0.25, 0.3) is 0 Å². The van der Waals surface area contributed by atoms with E-state index in [4.69, 9.17) is 0 Å². The summed E-state index contributed by atoms with van der Waals surface area (Å²) in [5.41, 5.74) is 0.473. The van der Waals surface area contributed by atoms with Gasteiger partial charge in [-0.15, -0.1) is 0 Å². The van der Waals surface area contributed by atoms with Crippen LogP contribution >= 0.6 is 0 Å². The molecule has 3 nitrogen and oxygen atoms in total. The predicted molar refractivity (Wildman–Crippen MR) is 86.1 cm³/mol. The summed E-state index contributed by atoms with van der Waals surface area (Å²) >= 11 is 0. The lowest BCUT2D eigenvalue weighted by molar-refractivity contribution is -0.134. The lowest BCUT2D eigenvalue weighted by Crippen LogP contribution is -2.53. The van der Waals surface area contributed by atoms with Crippen molar-refractivity contribution in [2.24, 2.45) is 17.3 Å². The first-order chi connectivity index (χ1) is 9.95. The van der Waals surface area contributed by atoms with E-state index in [1.165, 1.54) is 25.7 Å². The zero-order valence-corrected chi connectivity index (χ0v) is 14.1. The Balaban J connectivity index is 1.44. The summed E-state index contributed by atoms with van der Waals surface area (Å²) in [7, 11) is 0. The minimum Gasteiger partial charge on any atom is -0.340 e. The first kappa shape index (κ1) is 15.3. The Bertz CT molecular complexity index is 367. The number of hydrogen-bond donors (Lipinski definition) is 0. The van der Waals surface area contributed by atoms with Crippen LogP contribution in [-0.4, -0.2) is 47.9 Å². The fourth-order valence-corrected chi connectivity index (χ4v) is 4.20. The predicted octanol–water partition coefficient (Wildman–Crippen LogP) is 3.15. The molecule has 0 N–H and O–H groups in total. The van der Waals surface area contributed by atoms with Gasteiger partial charge in [-0.1, -0.05) is 20.8 Å². The molecule has 0 atom stereocenters. The SMILES string of the molecule is CC(C)(C)C1CCC(N2CCN(C(=O)C3CC3)CC2)CC1. The maximum Gasteiger partial charge on any atom is 0.225 e. The van der Waals surface area contributed by atoms with Gasteiger partial charge in [0.05, 0.1) is 0 Å². The third-order valence-electron chi connectivity index (χ3n) is 5.99. The zero-order valence-electron chi connectivity index (χ0n) is 14.1. The van der Waals surface area contributed by atoms with Gasteiger partial charge in [0.15, 0.2) is 0 Å². The van der Waals surface area contributed by atoms with E-state index in [9.17, 15) is 4.79 Å². The number of piperazine rings is 1. The van der Waals surface area contributed by atoms with Crippen molar-refractivity contribution in [2.45, 2.75) is 65.3 Å². The number of nitrogens with zero attached hydrogens (tertiary/aromatic N) is 2. The maximum atomic E-state index is 12.1. The summed E-state index contributed by atoms with van der Waals surface area (Å²) < 4.78 is 0. The Hall–Kier alpha value is -0.570. The molecule has 1 amide bonds. The minimum atomic E-state index is 0.388. The van der Waals surface area contributed by atoms with Crippen molar-refractivity contribution in [1.82, 2.24) is 9.80 Å². The highest BCUT2D eigenvalue weighted by Gasteiger charge is 2.36. The second-order valence-electron chi connectivity index (χ2n) is 8.51. The van der Waals surface area contributed by atoms with E-state index < -0.39 is 0 Å². The van der Waals surface area contributed by atoms with Crippen LogP contribution in [0.3, 0.4) is 0 Å². The normalized spacial score (nSPS) is 32.2. The average Bonchev–Trinajstić information content (AvgIpc) is 3.31. The molecule has 0 aromatic rings. The van der Waals surface area contributed by atoms with E-state index >= 15 is 0 Å². The molecule has 1 aliphatic heterocycles. The molecule has 0 spiro atoms. The Kier molecular flexibility index (Phi) is 4.31. The van der Waals surface area contributed by atoms with Gasteiger partial charge in [-0.3, -0.25) is 9.69 Å². The number of amides is 1. The molecular formula is C18H32N2O. The van der Waals surface area contributed by atoms with Crippen LogP contribution in [0.4, 0.5) is 0 Å². The molecule has 21 heavy (non-hydrogen) atoms. The monoisotopic (exact) mass is 292 g/mol. The highest BCUT2D eigenvalue weighted by Crippen LogP contribution is 2.39. The first-order valence-corrected chi connectivity index (χ1v) is 8.98. The highest BCUT2D eigenvalue weighted by atomic mass is 16.2. The Labute approximate surface area is 130 Å². The number of carbonyl (C=O) groups is 1. The summed E-state index contributed by atoms with van der Waals surface area (Å²) in [5.74, 6) is 1.72. The molecule has 0 unspecified atom stereocenters. The second-order valence-corrected chi connectivity index (χ2v) is 8.51. The lowest BCUT2D eigenvalue weighted by Gasteiger charge is -2.44. The summed E-state index contributed by atoms with van der Waals surface area (Å²) in [6.07, 6.45) is 7.76. The number of hydrogen-bond acceptors (Lipinski definition) is 2. The molecule has 1 saturated heterocycles. The van der Waals surface area contributed by atoms with Crippen LogP contribution in [-0.2, 0) is 4.79 Å². The molecule has 3 heteroatoms. The average molecular weight is 292 g/mol. The van der Waals surface area contributed by atoms with Crippen LogP contribution in [0.1, 0.15) is 59.3 Å². The molecular weight excluding hydrogens is 260 g/mol. The van der Waals surface area contributed by atoms with Crippen LogP contribution < -0.4 is 0 Å². The van der Waals surface area contributed by atoms with Gasteiger partial charge in [-0.25, -0.2) is 0 Å². The fraction of sp³-hybridized carbons (Fsp3) is 0.944. The summed E-state index contributed by atoms with van der Waals surface area (Å²) in [5, 5.41) is 0. The zero-order chi connectivity index (χ0) is 15.0. The van der Waals surface area contributed by atoms with Gasteiger partial charge < -0.3 is 4.90 Å². The molecule has 2 aliphatic carbocycles. The van der Waals surface area contributed by atoms with Gasteiger partial charge >= 0.3 is 0 Å². The minimum absolute atomic E-state index is 0.388. The van der Waals surface area contributed by atoms with Crippen molar-refractivity contribution in [3.05, 3.63) is 0 Å². The molecule has 3 fully saturated rings. The Morgan fingerprint density at radius 2 is 1.43 bits per heavy atom. The van der Waals surface area contributed by atoms with Gasteiger partial charge in [0, 0.05) is 38.1 Å². The molecule has 3 rings (SSSR count). The van der Waals surface area contributed by atoms with Crippen molar-refractivity contribution >= 4 is 5.91 Å². The van der Waals surface area contributed by atoms with Crippen LogP contribution in [0.2, 0.25) is 0 Å². The van der Waals surface area contributed by atoms with E-state index in [0.29, 0.717) is 17.2 Å². The van der Waals surface area contributed by atoms with Crippen molar-refractivity contribution in [2.75, 3.05) is 26.2 Å². The third kappa shape index (κ3) is 3.61. The quantitative estimate of drug-likeness (QED) is 0.780. The molecule has 2 saturated carbocycles. The van der Waals surface area contributed by atoms with Crippen LogP contribution in [0.15, 0.2) is 0 Å². The highest BCUT2D eigenvalue weighted by molar-refractivity contribution is 5.81. The van der Waals surface area contributed by atoms with Crippen molar-refractivity contribution in [1.29, 1.82) is 0 Å². The van der Waals surface area contributed by atoms with Crippen molar-refractivity contribution in [3.8, 4) is 0 Å². The number of rotatable bonds is 2.